The number of halogens is 2. The fourth-order valence-electron chi connectivity index (χ4n) is 3.57. The summed E-state index contributed by atoms with van der Waals surface area (Å²) in [6.07, 6.45) is -2.71. The lowest BCUT2D eigenvalue weighted by atomic mass is 9.99. The van der Waals surface area contributed by atoms with Gasteiger partial charge in [-0.25, -0.2) is 9.59 Å². The van der Waals surface area contributed by atoms with E-state index in [1.54, 1.807) is 0 Å². The number of carbonyl (C=O) groups is 4. The molecule has 28 heavy (non-hydrogen) atoms. The number of fused-ring (bicyclic) bond motifs is 2. The summed E-state index contributed by atoms with van der Waals surface area (Å²) in [5.74, 6) is -3.81. The van der Waals surface area contributed by atoms with Crippen LogP contribution in [0.4, 0.5) is 13.6 Å². The highest BCUT2D eigenvalue weighted by Crippen LogP contribution is 2.33. The molecule has 2 bridgehead atoms. The molecule has 1 unspecified atom stereocenters. The molecule has 11 nitrogen and oxygen atoms in total. The molecule has 3 heterocycles. The third-order valence-corrected chi connectivity index (χ3v) is 5.06. The second-order valence-corrected chi connectivity index (χ2v) is 6.94. The predicted molar refractivity (Wildman–Crippen MR) is 86.3 cm³/mol. The third-order valence-electron chi connectivity index (χ3n) is 5.06. The number of hydrazine groups is 1. The molecule has 3 atom stereocenters. The smallest absolute Gasteiger partial charge is 0.475 e. The van der Waals surface area contributed by atoms with Gasteiger partial charge in [0.1, 0.15) is 6.04 Å². The number of amides is 4. The molecule has 3 aliphatic heterocycles. The van der Waals surface area contributed by atoms with E-state index in [0.29, 0.717) is 18.0 Å². The van der Waals surface area contributed by atoms with Crippen LogP contribution in [-0.2, 0) is 19.2 Å². The van der Waals surface area contributed by atoms with Crippen molar-refractivity contribution in [1.29, 1.82) is 0 Å². The largest absolute Gasteiger partial charge is 0.476 e. The second kappa shape index (κ2) is 7.83. The van der Waals surface area contributed by atoms with Crippen LogP contribution in [0.5, 0.6) is 0 Å². The lowest BCUT2D eigenvalue weighted by Crippen LogP contribution is -2.55. The van der Waals surface area contributed by atoms with Gasteiger partial charge in [0.05, 0.1) is 12.0 Å². The second-order valence-electron chi connectivity index (χ2n) is 6.94. The monoisotopic (exact) mass is 405 g/mol. The van der Waals surface area contributed by atoms with Crippen LogP contribution in [0, 0.1) is 5.92 Å². The number of rotatable bonds is 5. The van der Waals surface area contributed by atoms with E-state index in [-0.39, 0.29) is 31.2 Å². The Kier molecular flexibility index (Phi) is 5.65. The number of nitrogens with one attached hydrogen (secondary N) is 3. The predicted octanol–water partition coefficient (Wildman–Crippen LogP) is -0.989. The molecule has 3 fully saturated rings. The van der Waals surface area contributed by atoms with E-state index in [1.807, 2.05) is 0 Å². The molecule has 0 aliphatic carbocycles. The molecular formula is C15H21F2N5O6. The van der Waals surface area contributed by atoms with E-state index in [0.717, 1.165) is 17.9 Å². The maximum atomic E-state index is 13.3. The standard InChI is InChI=1S/C15H21F2N5O6/c16-15(17,13(25)26)28-22-9-3-4-10(21(7-9)14(22)27)12(24)20-19-11(23)8-2-1-5-18-6-8/h8-10,18H,1-7H2,(H,19,23)(H,20,24)(H,25,26)/t8-,9?,10+/m1/s1. The Hall–Kier alpha value is -2.54. The van der Waals surface area contributed by atoms with Crippen molar-refractivity contribution < 1.29 is 37.9 Å². The van der Waals surface area contributed by atoms with Gasteiger partial charge in [0, 0.05) is 13.1 Å². The Morgan fingerprint density at radius 2 is 1.89 bits per heavy atom. The van der Waals surface area contributed by atoms with Crippen molar-refractivity contribution in [3.8, 4) is 0 Å². The maximum absolute atomic E-state index is 13.3. The molecule has 3 rings (SSSR count). The minimum atomic E-state index is -4.56. The summed E-state index contributed by atoms with van der Waals surface area (Å²) in [4.78, 5) is 52.4. The first-order valence-electron chi connectivity index (χ1n) is 8.91. The van der Waals surface area contributed by atoms with E-state index in [1.165, 1.54) is 0 Å². The van der Waals surface area contributed by atoms with Gasteiger partial charge in [0.2, 0.25) is 5.91 Å². The van der Waals surface area contributed by atoms with Crippen LogP contribution in [0.15, 0.2) is 0 Å². The van der Waals surface area contributed by atoms with Gasteiger partial charge in [0.15, 0.2) is 0 Å². The molecular weight excluding hydrogens is 384 g/mol. The zero-order valence-electron chi connectivity index (χ0n) is 14.8. The summed E-state index contributed by atoms with van der Waals surface area (Å²) in [7, 11) is 0. The average Bonchev–Trinajstić information content (AvgIpc) is 2.91. The van der Waals surface area contributed by atoms with Gasteiger partial charge < -0.3 is 15.3 Å². The number of nitrogens with zero attached hydrogens (tertiary/aromatic N) is 2. The number of carboxylic acids is 1. The van der Waals surface area contributed by atoms with Crippen molar-refractivity contribution in [2.75, 3.05) is 19.6 Å². The molecule has 0 aromatic heterocycles. The van der Waals surface area contributed by atoms with Crippen LogP contribution < -0.4 is 16.2 Å². The van der Waals surface area contributed by atoms with E-state index >= 15 is 0 Å². The van der Waals surface area contributed by atoms with Gasteiger partial charge in [-0.05, 0) is 32.2 Å². The van der Waals surface area contributed by atoms with Crippen molar-refractivity contribution in [1.82, 2.24) is 26.1 Å². The minimum Gasteiger partial charge on any atom is -0.475 e. The molecule has 0 aromatic rings. The first-order valence-corrected chi connectivity index (χ1v) is 8.91. The number of piperidine rings is 2. The highest BCUT2D eigenvalue weighted by Gasteiger charge is 2.53. The zero-order chi connectivity index (χ0) is 20.5. The first kappa shape index (κ1) is 20.2. The van der Waals surface area contributed by atoms with Crippen molar-refractivity contribution in [2.45, 2.75) is 43.9 Å². The maximum Gasteiger partial charge on any atom is 0.476 e. The minimum absolute atomic E-state index is 0.0624. The first-order chi connectivity index (χ1) is 13.2. The number of aliphatic carboxylic acids is 1. The number of hydroxylamine groups is 2. The lowest BCUT2D eigenvalue weighted by molar-refractivity contribution is -0.327. The highest BCUT2D eigenvalue weighted by molar-refractivity contribution is 5.90. The third kappa shape index (κ3) is 3.99. The zero-order valence-corrected chi connectivity index (χ0v) is 14.8. The SMILES string of the molecule is O=C(NNC(=O)[C@@H]1CCC2CN1C(=O)N2OC(F)(F)C(=O)O)[C@@H]1CCCNC1. The topological polar surface area (TPSA) is 140 Å². The molecule has 156 valence electrons. The lowest BCUT2D eigenvalue weighted by Gasteiger charge is -2.29. The van der Waals surface area contributed by atoms with E-state index < -0.39 is 36.1 Å². The number of hydrogen-bond donors (Lipinski definition) is 4. The Bertz CT molecular complexity index is 671. The molecule has 0 aromatic carbocycles. The van der Waals surface area contributed by atoms with Gasteiger partial charge in [-0.15, -0.1) is 0 Å². The summed E-state index contributed by atoms with van der Waals surface area (Å²) >= 11 is 0. The quantitative estimate of drug-likeness (QED) is 0.431. The van der Waals surface area contributed by atoms with Crippen molar-refractivity contribution in [2.24, 2.45) is 5.92 Å². The fraction of sp³-hybridized carbons (Fsp3) is 0.733. The molecule has 4 amide bonds. The van der Waals surface area contributed by atoms with Gasteiger partial charge in [-0.2, -0.15) is 18.7 Å². The van der Waals surface area contributed by atoms with E-state index in [9.17, 15) is 28.0 Å². The van der Waals surface area contributed by atoms with Crippen LogP contribution >= 0.6 is 0 Å². The molecule has 0 spiro atoms. The van der Waals surface area contributed by atoms with Crippen LogP contribution in [-0.4, -0.2) is 76.7 Å². The van der Waals surface area contributed by atoms with Crippen LogP contribution in [0.2, 0.25) is 0 Å². The van der Waals surface area contributed by atoms with E-state index in [4.69, 9.17) is 5.11 Å². The molecule has 3 aliphatic rings. The number of alkyl halides is 2. The average molecular weight is 405 g/mol. The fourth-order valence-corrected chi connectivity index (χ4v) is 3.57. The molecule has 3 saturated heterocycles. The highest BCUT2D eigenvalue weighted by atomic mass is 19.3. The summed E-state index contributed by atoms with van der Waals surface area (Å²) in [6.45, 7) is 1.27. The molecule has 4 N–H and O–H groups in total. The Labute approximate surface area is 158 Å². The van der Waals surface area contributed by atoms with Crippen molar-refractivity contribution in [3.63, 3.8) is 0 Å². The van der Waals surface area contributed by atoms with Crippen molar-refractivity contribution in [3.05, 3.63) is 0 Å². The number of hydrogen-bond acceptors (Lipinski definition) is 6. The van der Waals surface area contributed by atoms with Gasteiger partial charge in [-0.1, -0.05) is 0 Å². The summed E-state index contributed by atoms with van der Waals surface area (Å²) in [6, 6.07) is -2.79. The summed E-state index contributed by atoms with van der Waals surface area (Å²) in [5.41, 5.74) is 4.60. The Morgan fingerprint density at radius 3 is 2.54 bits per heavy atom. The van der Waals surface area contributed by atoms with Gasteiger partial charge >= 0.3 is 18.1 Å². The normalized spacial score (nSPS) is 27.5. The van der Waals surface area contributed by atoms with Crippen LogP contribution in [0.1, 0.15) is 25.7 Å². The Balaban J connectivity index is 1.56. The van der Waals surface area contributed by atoms with Gasteiger partial charge in [-0.3, -0.25) is 20.4 Å². The number of carboxylic acid groups (broad SMARTS) is 1. The number of urea groups is 1. The summed E-state index contributed by atoms with van der Waals surface area (Å²) in [5, 5.41) is 11.9. The number of carbonyl (C=O) groups excluding carboxylic acids is 3. The van der Waals surface area contributed by atoms with Crippen LogP contribution in [0.3, 0.4) is 0 Å². The molecule has 13 heteroatoms. The van der Waals surface area contributed by atoms with Crippen molar-refractivity contribution >= 4 is 23.8 Å². The van der Waals surface area contributed by atoms with E-state index in [2.05, 4.69) is 21.0 Å². The van der Waals surface area contributed by atoms with Crippen LogP contribution in [0.25, 0.3) is 0 Å². The van der Waals surface area contributed by atoms with Gasteiger partial charge in [0.25, 0.3) is 5.91 Å². The summed E-state index contributed by atoms with van der Waals surface area (Å²) < 4.78 is 26.6. The Morgan fingerprint density at radius 1 is 1.18 bits per heavy atom. The molecule has 0 saturated carbocycles. The molecule has 0 radical (unpaired) electrons.